The Kier molecular flexibility index (Phi) is 5.37. The van der Waals surface area contributed by atoms with E-state index in [0.29, 0.717) is 24.0 Å². The van der Waals surface area contributed by atoms with E-state index in [0.717, 1.165) is 30.3 Å². The lowest BCUT2D eigenvalue weighted by Gasteiger charge is -2.36. The molecule has 0 heterocycles. The highest BCUT2D eigenvalue weighted by Gasteiger charge is 2.31. The molecule has 0 saturated heterocycles. The van der Waals surface area contributed by atoms with Gasteiger partial charge in [0.25, 0.3) is 0 Å². The van der Waals surface area contributed by atoms with Crippen molar-refractivity contribution >= 4 is 15.9 Å². The van der Waals surface area contributed by atoms with Crippen molar-refractivity contribution in [1.29, 1.82) is 0 Å². The van der Waals surface area contributed by atoms with E-state index in [1.807, 2.05) is 6.92 Å². The molecule has 0 bridgehead atoms. The zero-order chi connectivity index (χ0) is 13.8. The number of hydrogen-bond donors (Lipinski definition) is 1. The molecule has 2 rings (SSSR count). The van der Waals surface area contributed by atoms with Crippen LogP contribution in [-0.2, 0) is 11.2 Å². The van der Waals surface area contributed by atoms with Crippen LogP contribution in [0, 0.1) is 11.7 Å². The highest BCUT2D eigenvalue weighted by Crippen LogP contribution is 2.34. The summed E-state index contributed by atoms with van der Waals surface area (Å²) in [4.78, 5) is 0. The molecule has 0 radical (unpaired) electrons. The summed E-state index contributed by atoms with van der Waals surface area (Å²) in [5.74, 6) is 0.263. The number of rotatable bonds is 6. The lowest BCUT2D eigenvalue weighted by molar-refractivity contribution is -0.0376. The largest absolute Gasteiger partial charge is 0.393 e. The summed E-state index contributed by atoms with van der Waals surface area (Å²) in [6, 6.07) is 4.97. The highest BCUT2D eigenvalue weighted by atomic mass is 79.9. The molecule has 106 valence electrons. The van der Waals surface area contributed by atoms with Crippen molar-refractivity contribution in [3.8, 4) is 0 Å². The third-order valence-electron chi connectivity index (χ3n) is 3.67. The molecule has 1 saturated carbocycles. The molecular formula is C15H20BrFO2. The fraction of sp³-hybridized carbons (Fsp3) is 0.600. The minimum absolute atomic E-state index is 0.255. The van der Waals surface area contributed by atoms with Gasteiger partial charge in [0.15, 0.2) is 0 Å². The van der Waals surface area contributed by atoms with E-state index in [-0.39, 0.29) is 5.82 Å². The van der Waals surface area contributed by atoms with Gasteiger partial charge in [-0.05, 0) is 49.8 Å². The molecule has 0 amide bonds. The second-order valence-corrected chi connectivity index (χ2v) is 6.16. The lowest BCUT2D eigenvalue weighted by atomic mass is 9.78. The summed E-state index contributed by atoms with van der Waals surface area (Å²) >= 11 is 3.23. The topological polar surface area (TPSA) is 29.5 Å². The van der Waals surface area contributed by atoms with Crippen molar-refractivity contribution < 1.29 is 14.2 Å². The Morgan fingerprint density at radius 2 is 2.21 bits per heavy atom. The molecule has 1 aromatic rings. The van der Waals surface area contributed by atoms with E-state index < -0.39 is 6.10 Å². The van der Waals surface area contributed by atoms with Crippen molar-refractivity contribution in [1.82, 2.24) is 0 Å². The fourth-order valence-electron chi connectivity index (χ4n) is 2.65. The van der Waals surface area contributed by atoms with Crippen LogP contribution in [0.5, 0.6) is 0 Å². The molecule has 1 aliphatic carbocycles. The average molecular weight is 331 g/mol. The van der Waals surface area contributed by atoms with E-state index in [1.165, 1.54) is 6.07 Å². The number of hydrogen-bond acceptors (Lipinski definition) is 2. The van der Waals surface area contributed by atoms with Crippen LogP contribution in [0.15, 0.2) is 22.7 Å². The number of aliphatic hydroxyl groups is 1. The van der Waals surface area contributed by atoms with E-state index in [9.17, 15) is 9.50 Å². The standard InChI is InChI=1S/C15H20BrFO2/c1-2-19-14-6-10(7-14)5-13(18)8-11-3-4-12(16)9-15(11)17/h3-4,9-10,13-14,18H,2,5-8H2,1H3. The zero-order valence-corrected chi connectivity index (χ0v) is 12.7. The Hall–Kier alpha value is -0.450. The second-order valence-electron chi connectivity index (χ2n) is 5.24. The van der Waals surface area contributed by atoms with Crippen molar-refractivity contribution in [2.24, 2.45) is 5.92 Å². The molecule has 4 heteroatoms. The van der Waals surface area contributed by atoms with Crippen LogP contribution in [0.2, 0.25) is 0 Å². The van der Waals surface area contributed by atoms with E-state index in [4.69, 9.17) is 4.74 Å². The Morgan fingerprint density at radius 3 is 2.84 bits per heavy atom. The lowest BCUT2D eigenvalue weighted by Crippen LogP contribution is -2.34. The predicted molar refractivity (Wildman–Crippen MR) is 76.6 cm³/mol. The summed E-state index contributed by atoms with van der Waals surface area (Å²) in [7, 11) is 0. The summed E-state index contributed by atoms with van der Waals surface area (Å²) in [6.45, 7) is 2.75. The smallest absolute Gasteiger partial charge is 0.127 e. The zero-order valence-electron chi connectivity index (χ0n) is 11.1. The molecule has 1 aromatic carbocycles. The number of ether oxygens (including phenoxy) is 1. The first-order chi connectivity index (χ1) is 9.08. The molecule has 1 N–H and O–H groups in total. The maximum absolute atomic E-state index is 13.6. The maximum Gasteiger partial charge on any atom is 0.127 e. The van der Waals surface area contributed by atoms with Crippen molar-refractivity contribution in [3.05, 3.63) is 34.1 Å². The third kappa shape index (κ3) is 4.26. The van der Waals surface area contributed by atoms with E-state index >= 15 is 0 Å². The third-order valence-corrected chi connectivity index (χ3v) is 4.16. The molecule has 19 heavy (non-hydrogen) atoms. The number of halogens is 2. The SMILES string of the molecule is CCOC1CC(CC(O)Cc2ccc(Br)cc2F)C1. The highest BCUT2D eigenvalue weighted by molar-refractivity contribution is 9.10. The fourth-order valence-corrected chi connectivity index (χ4v) is 2.98. The summed E-state index contributed by atoms with van der Waals surface area (Å²) in [5, 5.41) is 10.0. The quantitative estimate of drug-likeness (QED) is 0.861. The van der Waals surface area contributed by atoms with Gasteiger partial charge in [0.2, 0.25) is 0 Å². The van der Waals surface area contributed by atoms with E-state index in [2.05, 4.69) is 15.9 Å². The Balaban J connectivity index is 1.77. The number of benzene rings is 1. The van der Waals surface area contributed by atoms with Gasteiger partial charge in [-0.2, -0.15) is 0 Å². The summed E-state index contributed by atoms with van der Waals surface area (Å²) < 4.78 is 19.9. The van der Waals surface area contributed by atoms with Crippen LogP contribution in [0.1, 0.15) is 31.7 Å². The van der Waals surface area contributed by atoms with Crippen LogP contribution in [-0.4, -0.2) is 23.9 Å². The molecule has 1 atom stereocenters. The monoisotopic (exact) mass is 330 g/mol. The van der Waals surface area contributed by atoms with Gasteiger partial charge in [-0.15, -0.1) is 0 Å². The normalized spacial score (nSPS) is 24.0. The van der Waals surface area contributed by atoms with Gasteiger partial charge in [0.05, 0.1) is 12.2 Å². The van der Waals surface area contributed by atoms with Crippen LogP contribution in [0.4, 0.5) is 4.39 Å². The minimum atomic E-state index is -0.469. The first-order valence-corrected chi connectivity index (χ1v) is 7.61. The molecular weight excluding hydrogens is 311 g/mol. The maximum atomic E-state index is 13.6. The van der Waals surface area contributed by atoms with Crippen LogP contribution in [0.3, 0.4) is 0 Å². The predicted octanol–water partition coefficient (Wildman–Crippen LogP) is 3.70. The Bertz CT molecular complexity index is 419. The van der Waals surface area contributed by atoms with Gasteiger partial charge in [-0.1, -0.05) is 22.0 Å². The van der Waals surface area contributed by atoms with Crippen LogP contribution >= 0.6 is 15.9 Å². The van der Waals surface area contributed by atoms with Gasteiger partial charge in [-0.25, -0.2) is 4.39 Å². The van der Waals surface area contributed by atoms with Crippen LogP contribution in [0.25, 0.3) is 0 Å². The molecule has 0 spiro atoms. The molecule has 0 aromatic heterocycles. The van der Waals surface area contributed by atoms with Crippen molar-refractivity contribution in [2.45, 2.75) is 44.8 Å². The first kappa shape index (κ1) is 14.9. The summed E-state index contributed by atoms with van der Waals surface area (Å²) in [6.07, 6.45) is 3.06. The van der Waals surface area contributed by atoms with Gasteiger partial charge in [-0.3, -0.25) is 0 Å². The molecule has 1 unspecified atom stereocenters. The van der Waals surface area contributed by atoms with Gasteiger partial charge in [0, 0.05) is 17.5 Å². The Labute approximate surface area is 122 Å². The molecule has 0 aliphatic heterocycles. The van der Waals surface area contributed by atoms with Crippen molar-refractivity contribution in [2.75, 3.05) is 6.61 Å². The minimum Gasteiger partial charge on any atom is -0.393 e. The first-order valence-electron chi connectivity index (χ1n) is 6.82. The van der Waals surface area contributed by atoms with Gasteiger partial charge in [0.1, 0.15) is 5.82 Å². The molecule has 1 aliphatic rings. The van der Waals surface area contributed by atoms with Crippen molar-refractivity contribution in [3.63, 3.8) is 0 Å². The second kappa shape index (κ2) is 6.82. The Morgan fingerprint density at radius 1 is 1.47 bits per heavy atom. The molecule has 2 nitrogen and oxygen atoms in total. The average Bonchev–Trinajstić information content (AvgIpc) is 2.30. The van der Waals surface area contributed by atoms with Gasteiger partial charge >= 0.3 is 0 Å². The summed E-state index contributed by atoms with van der Waals surface area (Å²) in [5.41, 5.74) is 0.580. The van der Waals surface area contributed by atoms with E-state index in [1.54, 1.807) is 12.1 Å². The number of aliphatic hydroxyl groups excluding tert-OH is 1. The van der Waals surface area contributed by atoms with Crippen LogP contribution < -0.4 is 0 Å². The molecule has 1 fully saturated rings. The van der Waals surface area contributed by atoms with Gasteiger partial charge < -0.3 is 9.84 Å².